The van der Waals surface area contributed by atoms with Gasteiger partial charge >= 0.3 is 0 Å². The Labute approximate surface area is 116 Å². The van der Waals surface area contributed by atoms with Crippen LogP contribution in [0.4, 0.5) is 0 Å². The molecule has 0 aliphatic heterocycles. The Balaban J connectivity index is 1.95. The van der Waals surface area contributed by atoms with Gasteiger partial charge < -0.3 is 5.11 Å². The molecule has 17 heavy (non-hydrogen) atoms. The molecule has 0 aromatic carbocycles. The fourth-order valence-electron chi connectivity index (χ4n) is 2.83. The van der Waals surface area contributed by atoms with Crippen LogP contribution in [0.5, 0.6) is 0 Å². The van der Waals surface area contributed by atoms with Crippen molar-refractivity contribution < 1.29 is 5.11 Å². The van der Waals surface area contributed by atoms with Crippen molar-refractivity contribution in [1.29, 1.82) is 0 Å². The first-order valence-electron chi connectivity index (χ1n) is 6.60. The summed E-state index contributed by atoms with van der Waals surface area (Å²) in [7, 11) is 0. The summed E-state index contributed by atoms with van der Waals surface area (Å²) in [4.78, 5) is 1.25. The molecule has 0 amide bonds. The van der Waals surface area contributed by atoms with Gasteiger partial charge in [-0.25, -0.2) is 0 Å². The fourth-order valence-corrected chi connectivity index (χ4v) is 4.60. The van der Waals surface area contributed by atoms with Crippen LogP contribution in [0.3, 0.4) is 0 Å². The maximum atomic E-state index is 10.3. The Kier molecular flexibility index (Phi) is 5.07. The lowest BCUT2D eigenvalue weighted by Crippen LogP contribution is -2.07. The van der Waals surface area contributed by atoms with E-state index in [4.69, 9.17) is 0 Å². The maximum absolute atomic E-state index is 10.3. The first-order chi connectivity index (χ1) is 8.16. The topological polar surface area (TPSA) is 20.2 Å². The van der Waals surface area contributed by atoms with E-state index in [1.165, 1.54) is 43.4 Å². The first kappa shape index (κ1) is 13.6. The Morgan fingerprint density at radius 1 is 1.35 bits per heavy atom. The molecule has 1 aromatic heterocycles. The second-order valence-corrected chi connectivity index (χ2v) is 7.81. The number of aliphatic hydroxyl groups excluding tert-OH is 1. The molecule has 1 saturated carbocycles. The molecule has 1 N–H and O–H groups in total. The molecule has 2 rings (SSSR count). The third kappa shape index (κ3) is 3.80. The lowest BCUT2D eigenvalue weighted by molar-refractivity contribution is 0.139. The van der Waals surface area contributed by atoms with Gasteiger partial charge in [0.05, 0.1) is 9.89 Å². The zero-order valence-electron chi connectivity index (χ0n) is 10.4. The van der Waals surface area contributed by atoms with Crippen molar-refractivity contribution >= 4 is 27.3 Å². The summed E-state index contributed by atoms with van der Waals surface area (Å²) < 4.78 is 1.13. The highest BCUT2D eigenvalue weighted by Crippen LogP contribution is 2.36. The second kappa shape index (κ2) is 6.35. The number of rotatable bonds is 3. The molecule has 1 heterocycles. The summed E-state index contributed by atoms with van der Waals surface area (Å²) in [6, 6.07) is 2.08. The molecule has 0 saturated heterocycles. The Bertz CT molecular complexity index is 353. The second-order valence-electron chi connectivity index (χ2n) is 5.17. The van der Waals surface area contributed by atoms with Crippen LogP contribution in [-0.2, 0) is 0 Å². The van der Waals surface area contributed by atoms with Crippen LogP contribution in [0.15, 0.2) is 9.85 Å². The number of hydrogen-bond acceptors (Lipinski definition) is 2. The maximum Gasteiger partial charge on any atom is 0.0803 e. The molecule has 1 fully saturated rings. The van der Waals surface area contributed by atoms with Crippen LogP contribution in [0.1, 0.15) is 61.5 Å². The Morgan fingerprint density at radius 2 is 2.00 bits per heavy atom. The van der Waals surface area contributed by atoms with Gasteiger partial charge in [0, 0.05) is 4.88 Å². The summed E-state index contributed by atoms with van der Waals surface area (Å²) in [5.41, 5.74) is 1.13. The molecule has 96 valence electrons. The van der Waals surface area contributed by atoms with Gasteiger partial charge in [-0.1, -0.05) is 38.5 Å². The van der Waals surface area contributed by atoms with E-state index in [1.54, 1.807) is 11.3 Å². The summed E-state index contributed by atoms with van der Waals surface area (Å²) in [5, 5.41) is 10.3. The highest BCUT2D eigenvalue weighted by atomic mass is 79.9. The lowest BCUT2D eigenvalue weighted by Gasteiger charge is -2.18. The minimum absolute atomic E-state index is 0.263. The van der Waals surface area contributed by atoms with E-state index in [0.29, 0.717) is 0 Å². The number of thiophene rings is 1. The summed E-state index contributed by atoms with van der Waals surface area (Å²) in [6.45, 7) is 2.10. The molecule has 1 aliphatic carbocycles. The van der Waals surface area contributed by atoms with Gasteiger partial charge in [-0.2, -0.15) is 0 Å². The zero-order valence-corrected chi connectivity index (χ0v) is 12.8. The first-order valence-corrected chi connectivity index (χ1v) is 8.21. The standard InChI is InChI=1S/C14H21BrOS/c1-10-12(9-14(15)17-10)13(16)8-11-6-4-2-3-5-7-11/h9,11,13,16H,2-8H2,1H3. The van der Waals surface area contributed by atoms with E-state index in [9.17, 15) is 5.11 Å². The number of halogens is 1. The summed E-state index contributed by atoms with van der Waals surface area (Å²) in [6.07, 6.45) is 8.77. The van der Waals surface area contributed by atoms with Gasteiger partial charge in [0.25, 0.3) is 0 Å². The predicted molar refractivity (Wildman–Crippen MR) is 77.5 cm³/mol. The molecular weight excluding hydrogens is 296 g/mol. The minimum atomic E-state index is -0.263. The molecule has 1 nitrogen and oxygen atoms in total. The molecular formula is C14H21BrOS. The van der Waals surface area contributed by atoms with Gasteiger partial charge in [-0.05, 0) is 46.8 Å². The van der Waals surface area contributed by atoms with Crippen molar-refractivity contribution in [3.8, 4) is 0 Å². The quantitative estimate of drug-likeness (QED) is 0.759. The van der Waals surface area contributed by atoms with Crippen molar-refractivity contribution in [3.63, 3.8) is 0 Å². The van der Waals surface area contributed by atoms with Crippen LogP contribution in [0.25, 0.3) is 0 Å². The molecule has 0 bridgehead atoms. The third-order valence-electron chi connectivity index (χ3n) is 3.82. The highest BCUT2D eigenvalue weighted by molar-refractivity contribution is 9.11. The molecule has 3 heteroatoms. The SMILES string of the molecule is Cc1sc(Br)cc1C(O)CC1CCCCCC1. The molecule has 1 aliphatic rings. The van der Waals surface area contributed by atoms with E-state index in [-0.39, 0.29) is 6.10 Å². The zero-order chi connectivity index (χ0) is 12.3. The fraction of sp³-hybridized carbons (Fsp3) is 0.714. The van der Waals surface area contributed by atoms with Gasteiger partial charge in [-0.3, -0.25) is 0 Å². The summed E-state index contributed by atoms with van der Waals surface area (Å²) in [5.74, 6) is 0.727. The van der Waals surface area contributed by atoms with Crippen LogP contribution >= 0.6 is 27.3 Å². The van der Waals surface area contributed by atoms with Crippen LogP contribution in [0.2, 0.25) is 0 Å². The minimum Gasteiger partial charge on any atom is -0.388 e. The van der Waals surface area contributed by atoms with Crippen molar-refractivity contribution in [1.82, 2.24) is 0 Å². The number of aliphatic hydroxyl groups is 1. The molecule has 1 atom stereocenters. The van der Waals surface area contributed by atoms with Crippen molar-refractivity contribution in [2.75, 3.05) is 0 Å². The molecule has 0 radical (unpaired) electrons. The molecule has 1 unspecified atom stereocenters. The molecule has 0 spiro atoms. The van der Waals surface area contributed by atoms with Crippen LogP contribution in [0, 0.1) is 12.8 Å². The van der Waals surface area contributed by atoms with E-state index in [1.807, 2.05) is 0 Å². The van der Waals surface area contributed by atoms with Gasteiger partial charge in [-0.15, -0.1) is 11.3 Å². The average molecular weight is 317 g/mol. The van der Waals surface area contributed by atoms with Crippen molar-refractivity contribution in [2.45, 2.75) is 58.0 Å². The number of aryl methyl sites for hydroxylation is 1. The normalized spacial score (nSPS) is 20.2. The monoisotopic (exact) mass is 316 g/mol. The average Bonchev–Trinajstić information content (AvgIpc) is 2.51. The Hall–Kier alpha value is 0.140. The number of hydrogen-bond donors (Lipinski definition) is 1. The highest BCUT2D eigenvalue weighted by Gasteiger charge is 2.20. The third-order valence-corrected chi connectivity index (χ3v) is 5.39. The van der Waals surface area contributed by atoms with Crippen molar-refractivity contribution in [2.24, 2.45) is 5.92 Å². The van der Waals surface area contributed by atoms with Gasteiger partial charge in [0.1, 0.15) is 0 Å². The van der Waals surface area contributed by atoms with E-state index in [0.717, 1.165) is 21.7 Å². The largest absolute Gasteiger partial charge is 0.388 e. The lowest BCUT2D eigenvalue weighted by atomic mass is 9.91. The van der Waals surface area contributed by atoms with E-state index in [2.05, 4.69) is 28.9 Å². The van der Waals surface area contributed by atoms with Crippen LogP contribution < -0.4 is 0 Å². The van der Waals surface area contributed by atoms with Gasteiger partial charge in [0.15, 0.2) is 0 Å². The smallest absolute Gasteiger partial charge is 0.0803 e. The van der Waals surface area contributed by atoms with E-state index >= 15 is 0 Å². The van der Waals surface area contributed by atoms with Gasteiger partial charge in [0.2, 0.25) is 0 Å². The van der Waals surface area contributed by atoms with Crippen LogP contribution in [-0.4, -0.2) is 5.11 Å². The Morgan fingerprint density at radius 3 is 2.53 bits per heavy atom. The van der Waals surface area contributed by atoms with E-state index < -0.39 is 0 Å². The summed E-state index contributed by atoms with van der Waals surface area (Å²) >= 11 is 5.22. The van der Waals surface area contributed by atoms with Crippen molar-refractivity contribution in [3.05, 3.63) is 20.3 Å². The molecule has 1 aromatic rings. The predicted octanol–water partition coefficient (Wildman–Crippen LogP) is 5.21.